The smallest absolute Gasteiger partial charge is 0.147 e. The van der Waals surface area contributed by atoms with E-state index in [1.54, 1.807) is 26.7 Å². The summed E-state index contributed by atoms with van der Waals surface area (Å²) in [4.78, 5) is 0. The largest absolute Gasteiger partial charge is 0.147 e. The average molecular weight is 886 g/mol. The van der Waals surface area contributed by atoms with E-state index in [1.807, 2.05) is 5.57 Å². The minimum Gasteiger partial charge on any atom is -0.147 e. The molecule has 0 heterocycles. The van der Waals surface area contributed by atoms with E-state index in [4.69, 9.17) is 0 Å². The summed E-state index contributed by atoms with van der Waals surface area (Å²) in [5.74, 6) is 0.479. The van der Waals surface area contributed by atoms with Gasteiger partial charge in [-0.15, -0.1) is 24.8 Å². The van der Waals surface area contributed by atoms with Crippen molar-refractivity contribution in [2.24, 2.45) is 27.6 Å². The van der Waals surface area contributed by atoms with Crippen molar-refractivity contribution < 1.29 is 17.1 Å². The Kier molecular flexibility index (Phi) is 9.08. The molecule has 0 aromatic heterocycles. The van der Waals surface area contributed by atoms with Gasteiger partial charge in [0.1, 0.15) is 0 Å². The number of fused-ring (bicyclic) bond motifs is 6. The van der Waals surface area contributed by atoms with Gasteiger partial charge >= 0.3 is 295 Å². The number of hydrogen-bond donors (Lipinski definition) is 0. The second-order valence-corrected chi connectivity index (χ2v) is 49.9. The van der Waals surface area contributed by atoms with Crippen molar-refractivity contribution in [1.82, 2.24) is 0 Å². The van der Waals surface area contributed by atoms with E-state index in [2.05, 4.69) is 178 Å². The fourth-order valence-corrected chi connectivity index (χ4v) is 54.1. The van der Waals surface area contributed by atoms with E-state index < -0.39 is 17.1 Å². The van der Waals surface area contributed by atoms with Gasteiger partial charge in [0.2, 0.25) is 0 Å². The molecule has 50 heavy (non-hydrogen) atoms. The second-order valence-electron chi connectivity index (χ2n) is 17.8. The van der Waals surface area contributed by atoms with Crippen molar-refractivity contribution in [3.8, 4) is 0 Å². The van der Waals surface area contributed by atoms with Crippen LogP contribution in [0.1, 0.15) is 85.8 Å². The summed E-state index contributed by atoms with van der Waals surface area (Å²) in [5.41, 5.74) is 9.66. The van der Waals surface area contributed by atoms with Crippen molar-refractivity contribution in [2.75, 3.05) is 0 Å². The Balaban J connectivity index is 0.00000216. The van der Waals surface area contributed by atoms with Crippen LogP contribution in [0.15, 0.2) is 135 Å². The molecule has 0 radical (unpaired) electrons. The molecule has 0 amide bonds. The molecular formula is C46H56Cl2HfSi. The molecule has 0 bridgehead atoms. The predicted octanol–water partition coefficient (Wildman–Crippen LogP) is 11.1. The molecule has 4 heteroatoms. The zero-order valence-corrected chi connectivity index (χ0v) is 38.0. The summed E-state index contributed by atoms with van der Waals surface area (Å²) >= 11 is -4.96. The predicted molar refractivity (Wildman–Crippen MR) is 221 cm³/mol. The van der Waals surface area contributed by atoms with Crippen molar-refractivity contribution in [2.45, 2.75) is 84.2 Å². The standard InChI is InChI=1S/C29H37.2C6H5.C5H5.2ClH.Hf.H2Si/c1-18-25-22-17-19-13-9-10-14-20(19)24(22)21-15-11-12-16-23(21)29(25,8)28(6,7)27(4,5)26(18,2)3;2*1-2-4-6-5-3-1;1-2-4-5-3-1;;;;/h9-11,13-15,23H,12,16-17H2,1-8H3;2*1-5H;1-3H,4H2;2*1H;;1H2. The Hall–Kier alpha value is -1.97. The van der Waals surface area contributed by atoms with Crippen LogP contribution in [0.2, 0.25) is 3.17 Å². The van der Waals surface area contributed by atoms with Gasteiger partial charge in [-0.3, -0.25) is 0 Å². The summed E-state index contributed by atoms with van der Waals surface area (Å²) in [7, 11) is 0. The van der Waals surface area contributed by atoms with E-state index >= 15 is 0 Å². The molecule has 3 unspecified atom stereocenters. The van der Waals surface area contributed by atoms with Crippen LogP contribution in [0.3, 0.4) is 0 Å². The number of halogens is 2. The normalized spacial score (nSPS) is 28.4. The van der Waals surface area contributed by atoms with Gasteiger partial charge in [0.15, 0.2) is 0 Å². The fraction of sp³-hybridized carbons (Fsp3) is 0.391. The van der Waals surface area contributed by atoms with Crippen molar-refractivity contribution >= 4 is 44.0 Å². The maximum Gasteiger partial charge on any atom is -0.147 e. The van der Waals surface area contributed by atoms with Gasteiger partial charge in [-0.1, -0.05) is 0 Å². The number of hydrogen-bond acceptors (Lipinski definition) is 0. The van der Waals surface area contributed by atoms with Gasteiger partial charge in [0.25, 0.3) is 0 Å². The third-order valence-corrected chi connectivity index (χ3v) is 61.9. The number of benzene rings is 3. The third-order valence-electron chi connectivity index (χ3n) is 16.6. The molecule has 0 aliphatic heterocycles. The summed E-state index contributed by atoms with van der Waals surface area (Å²) < 4.78 is 4.88. The molecule has 3 atom stereocenters. The molecular weight excluding hydrogens is 830 g/mol. The van der Waals surface area contributed by atoms with Gasteiger partial charge in [-0.25, -0.2) is 0 Å². The molecule has 3 aromatic carbocycles. The summed E-state index contributed by atoms with van der Waals surface area (Å²) in [5, 5.41) is 0. The van der Waals surface area contributed by atoms with E-state index in [0.29, 0.717) is 5.92 Å². The molecule has 8 rings (SSSR count). The van der Waals surface area contributed by atoms with Gasteiger partial charge < -0.3 is 0 Å². The molecule has 0 N–H and O–H groups in total. The number of allylic oxidation sites excluding steroid dienone is 10. The Labute approximate surface area is 317 Å². The van der Waals surface area contributed by atoms with Crippen LogP contribution >= 0.6 is 24.8 Å². The minimum atomic E-state index is -4.96. The van der Waals surface area contributed by atoms with Gasteiger partial charge in [-0.2, -0.15) is 0 Å². The molecule has 0 nitrogen and oxygen atoms in total. The van der Waals surface area contributed by atoms with Crippen LogP contribution in [0.4, 0.5) is 0 Å². The van der Waals surface area contributed by atoms with E-state index in [-0.39, 0.29) is 49.6 Å². The first-order chi connectivity index (χ1) is 22.7. The Morgan fingerprint density at radius 2 is 1.26 bits per heavy atom. The molecule has 0 spiro atoms. The number of rotatable bonds is 4. The van der Waals surface area contributed by atoms with E-state index in [9.17, 15) is 0 Å². The zero-order valence-electron chi connectivity index (χ0n) is 31.4. The molecule has 262 valence electrons. The quantitative estimate of drug-likeness (QED) is 0.229. The first kappa shape index (κ1) is 37.8. The average Bonchev–Trinajstić information content (AvgIpc) is 3.77. The first-order valence-electron chi connectivity index (χ1n) is 18.4. The van der Waals surface area contributed by atoms with E-state index in [0.717, 1.165) is 19.3 Å². The molecule has 5 aliphatic rings. The molecule has 1 saturated carbocycles. The van der Waals surface area contributed by atoms with Crippen molar-refractivity contribution in [3.63, 3.8) is 0 Å². The van der Waals surface area contributed by atoms with Crippen LogP contribution in [0, 0.1) is 27.6 Å². The van der Waals surface area contributed by atoms with Crippen LogP contribution in [-0.2, 0) is 23.5 Å². The summed E-state index contributed by atoms with van der Waals surface area (Å²) in [6.45, 7) is 24.2. The van der Waals surface area contributed by atoms with Gasteiger partial charge in [-0.05, 0) is 0 Å². The Morgan fingerprint density at radius 1 is 0.680 bits per heavy atom. The third kappa shape index (κ3) is 3.98. The Morgan fingerprint density at radius 3 is 1.84 bits per heavy atom. The minimum absolute atomic E-state index is 0. The van der Waals surface area contributed by atoms with Crippen LogP contribution in [-0.4, -0.2) is 6.94 Å². The monoisotopic (exact) mass is 886 g/mol. The molecule has 1 fully saturated rings. The van der Waals surface area contributed by atoms with Crippen LogP contribution < -0.4 is 6.64 Å². The van der Waals surface area contributed by atoms with Crippen molar-refractivity contribution in [1.29, 1.82) is 0 Å². The van der Waals surface area contributed by atoms with Gasteiger partial charge in [0.05, 0.1) is 0 Å². The second kappa shape index (κ2) is 12.0. The SMILES string of the molecule is CC12C(=C3Cc4ccccc4C3=C3C=CCCC31)[C](C)([Hf](=[SiH2])([C]1=CC=CC1)([c]1ccccc1)[c]1ccccc1)C(C)(C)C(C)(C)C2(C)C.Cl.Cl. The maximum absolute atomic E-state index is 4.96. The topological polar surface area (TPSA) is 0 Å². The zero-order chi connectivity index (χ0) is 34.0. The fourth-order valence-electron chi connectivity index (χ4n) is 12.8. The van der Waals surface area contributed by atoms with Crippen molar-refractivity contribution in [3.05, 3.63) is 146 Å². The maximum atomic E-state index is 2.84. The van der Waals surface area contributed by atoms with Crippen LogP contribution in [0.25, 0.3) is 5.57 Å². The van der Waals surface area contributed by atoms with Gasteiger partial charge in [0, 0.05) is 0 Å². The summed E-state index contributed by atoms with van der Waals surface area (Å²) in [6, 6.07) is 33.5. The molecule has 0 saturated heterocycles. The molecule has 5 aliphatic carbocycles. The summed E-state index contributed by atoms with van der Waals surface area (Å²) in [6.07, 6.45) is 17.0. The first-order valence-corrected chi connectivity index (χ1v) is 34.0. The van der Waals surface area contributed by atoms with Crippen LogP contribution in [0.5, 0.6) is 0 Å². The Bertz CT molecular complexity index is 2050. The van der Waals surface area contributed by atoms with E-state index in [1.165, 1.54) is 17.5 Å². The molecule has 3 aromatic rings.